The van der Waals surface area contributed by atoms with Crippen molar-refractivity contribution in [3.8, 4) is 0 Å². The molecule has 1 atom stereocenters. The van der Waals surface area contributed by atoms with Gasteiger partial charge in [0.15, 0.2) is 0 Å². The van der Waals surface area contributed by atoms with Gasteiger partial charge >= 0.3 is 0 Å². The Morgan fingerprint density at radius 3 is 2.78 bits per heavy atom. The van der Waals surface area contributed by atoms with E-state index >= 15 is 0 Å². The molecule has 0 aliphatic heterocycles. The van der Waals surface area contributed by atoms with E-state index in [0.717, 1.165) is 22.8 Å². The zero-order valence-corrected chi connectivity index (χ0v) is 11.9. The second kappa shape index (κ2) is 4.78. The summed E-state index contributed by atoms with van der Waals surface area (Å²) in [7, 11) is 0. The largest absolute Gasteiger partial charge is 0.381 e. The highest BCUT2D eigenvalue weighted by molar-refractivity contribution is 7.05. The van der Waals surface area contributed by atoms with E-state index in [-0.39, 0.29) is 5.41 Å². The summed E-state index contributed by atoms with van der Waals surface area (Å²) in [5.74, 6) is 0. The predicted octanol–water partition coefficient (Wildman–Crippen LogP) is 2.13. The first kappa shape index (κ1) is 13.2. The molecule has 0 amide bonds. The lowest BCUT2D eigenvalue weighted by Gasteiger charge is -2.19. The molecule has 1 N–H and O–H groups in total. The molecule has 1 unspecified atom stereocenters. The van der Waals surface area contributed by atoms with E-state index < -0.39 is 6.10 Å². The number of aryl methyl sites for hydroxylation is 1. The van der Waals surface area contributed by atoms with Crippen LogP contribution >= 0.6 is 11.5 Å². The molecule has 0 bridgehead atoms. The van der Waals surface area contributed by atoms with Crippen LogP contribution in [-0.2, 0) is 12.0 Å². The molecule has 0 aliphatic carbocycles. The van der Waals surface area contributed by atoms with Crippen molar-refractivity contribution in [1.29, 1.82) is 0 Å². The van der Waals surface area contributed by atoms with Gasteiger partial charge in [-0.05, 0) is 24.5 Å². The Morgan fingerprint density at radius 2 is 2.17 bits per heavy atom. The van der Waals surface area contributed by atoms with Crippen LogP contribution in [0.15, 0.2) is 12.3 Å². The summed E-state index contributed by atoms with van der Waals surface area (Å²) in [4.78, 5) is 0.803. The molecule has 0 radical (unpaired) electrons. The highest BCUT2D eigenvalue weighted by atomic mass is 32.1. The van der Waals surface area contributed by atoms with Crippen molar-refractivity contribution < 1.29 is 5.11 Å². The van der Waals surface area contributed by atoms with E-state index in [1.165, 1.54) is 11.5 Å². The maximum absolute atomic E-state index is 10.5. The van der Waals surface area contributed by atoms with E-state index in [1.54, 1.807) is 10.9 Å². The van der Waals surface area contributed by atoms with Crippen LogP contribution in [0.1, 0.15) is 50.1 Å². The van der Waals surface area contributed by atoms with Crippen LogP contribution in [-0.4, -0.2) is 24.5 Å². The Balaban J connectivity index is 2.41. The minimum atomic E-state index is -0.707. The summed E-state index contributed by atoms with van der Waals surface area (Å²) in [6.45, 7) is 8.93. The molecule has 0 saturated carbocycles. The first-order valence-electron chi connectivity index (χ1n) is 5.97. The van der Waals surface area contributed by atoms with Gasteiger partial charge in [-0.15, -0.1) is 5.10 Å². The number of hydrogen-bond donors (Lipinski definition) is 1. The SMILES string of the molecule is CCn1nccc1C(O)c1snnc1C(C)(C)C. The first-order chi connectivity index (χ1) is 8.45. The normalized spacial score (nSPS) is 13.8. The van der Waals surface area contributed by atoms with Crippen molar-refractivity contribution in [2.75, 3.05) is 0 Å². The maximum atomic E-state index is 10.5. The van der Waals surface area contributed by atoms with Crippen molar-refractivity contribution in [2.45, 2.75) is 45.8 Å². The topological polar surface area (TPSA) is 63.8 Å². The van der Waals surface area contributed by atoms with Crippen LogP contribution in [0.3, 0.4) is 0 Å². The van der Waals surface area contributed by atoms with Gasteiger partial charge in [-0.3, -0.25) is 4.68 Å². The van der Waals surface area contributed by atoms with E-state index in [1.807, 2.05) is 13.0 Å². The number of rotatable bonds is 3. The minimum Gasteiger partial charge on any atom is -0.381 e. The van der Waals surface area contributed by atoms with Gasteiger partial charge in [-0.1, -0.05) is 25.3 Å². The zero-order valence-electron chi connectivity index (χ0n) is 11.1. The Kier molecular flexibility index (Phi) is 3.49. The van der Waals surface area contributed by atoms with Crippen molar-refractivity contribution in [2.24, 2.45) is 0 Å². The van der Waals surface area contributed by atoms with Gasteiger partial charge < -0.3 is 5.11 Å². The van der Waals surface area contributed by atoms with Crippen LogP contribution in [0.25, 0.3) is 0 Å². The smallest absolute Gasteiger partial charge is 0.133 e. The Morgan fingerprint density at radius 1 is 1.44 bits per heavy atom. The molecule has 0 fully saturated rings. The lowest BCUT2D eigenvalue weighted by Crippen LogP contribution is -2.17. The molecule has 2 heterocycles. The molecule has 18 heavy (non-hydrogen) atoms. The molecule has 5 nitrogen and oxygen atoms in total. The fraction of sp³-hybridized carbons (Fsp3) is 0.583. The van der Waals surface area contributed by atoms with Crippen LogP contribution in [0, 0.1) is 0 Å². The summed E-state index contributed by atoms with van der Waals surface area (Å²) >= 11 is 1.25. The third-order valence-electron chi connectivity index (χ3n) is 2.80. The Bertz CT molecular complexity index is 526. The molecule has 0 spiro atoms. The summed E-state index contributed by atoms with van der Waals surface area (Å²) in [6.07, 6.45) is 0.995. The predicted molar refractivity (Wildman–Crippen MR) is 70.6 cm³/mol. The molecule has 0 aliphatic rings. The molecular weight excluding hydrogens is 248 g/mol. The van der Waals surface area contributed by atoms with E-state index in [4.69, 9.17) is 0 Å². The highest BCUT2D eigenvalue weighted by Gasteiger charge is 2.28. The third kappa shape index (κ3) is 2.30. The Labute approximate surface area is 111 Å². The summed E-state index contributed by atoms with van der Waals surface area (Å²) in [6, 6.07) is 1.83. The number of nitrogens with zero attached hydrogens (tertiary/aromatic N) is 4. The second-order valence-electron chi connectivity index (χ2n) is 5.21. The van der Waals surface area contributed by atoms with E-state index in [0.29, 0.717) is 0 Å². The molecule has 0 saturated heterocycles. The van der Waals surface area contributed by atoms with Gasteiger partial charge in [0.2, 0.25) is 0 Å². The molecule has 98 valence electrons. The number of aliphatic hydroxyl groups is 1. The monoisotopic (exact) mass is 266 g/mol. The average Bonchev–Trinajstić information content (AvgIpc) is 2.95. The number of aliphatic hydroxyl groups excluding tert-OH is 1. The van der Waals surface area contributed by atoms with Crippen LogP contribution in [0.5, 0.6) is 0 Å². The van der Waals surface area contributed by atoms with Crippen LogP contribution < -0.4 is 0 Å². The van der Waals surface area contributed by atoms with E-state index in [2.05, 4.69) is 35.5 Å². The van der Waals surface area contributed by atoms with Gasteiger partial charge in [0.25, 0.3) is 0 Å². The zero-order chi connectivity index (χ0) is 13.3. The average molecular weight is 266 g/mol. The van der Waals surface area contributed by atoms with Gasteiger partial charge in [0.05, 0.1) is 16.3 Å². The lowest BCUT2D eigenvalue weighted by atomic mass is 9.90. The molecular formula is C12H18N4OS. The van der Waals surface area contributed by atoms with Gasteiger partial charge in [-0.25, -0.2) is 0 Å². The van der Waals surface area contributed by atoms with Crippen molar-refractivity contribution in [3.63, 3.8) is 0 Å². The molecule has 2 aromatic heterocycles. The molecule has 0 aromatic carbocycles. The van der Waals surface area contributed by atoms with Crippen molar-refractivity contribution >= 4 is 11.5 Å². The molecule has 2 rings (SSSR count). The fourth-order valence-electron chi connectivity index (χ4n) is 1.87. The summed E-state index contributed by atoms with van der Waals surface area (Å²) in [5.41, 5.74) is 1.51. The first-order valence-corrected chi connectivity index (χ1v) is 6.75. The standard InChI is InChI=1S/C12H18N4OS/c1-5-16-8(6-7-13-16)9(17)10-11(12(2,3)4)14-15-18-10/h6-7,9,17H,5H2,1-4H3. The number of hydrogen-bond acceptors (Lipinski definition) is 5. The maximum Gasteiger partial charge on any atom is 0.133 e. The lowest BCUT2D eigenvalue weighted by molar-refractivity contribution is 0.209. The molecule has 2 aromatic rings. The van der Waals surface area contributed by atoms with Gasteiger partial charge in [0, 0.05) is 18.2 Å². The Hall–Kier alpha value is -1.27. The summed E-state index contributed by atoms with van der Waals surface area (Å²) < 4.78 is 5.77. The van der Waals surface area contributed by atoms with Gasteiger partial charge in [0.1, 0.15) is 6.10 Å². The van der Waals surface area contributed by atoms with Crippen molar-refractivity contribution in [3.05, 3.63) is 28.5 Å². The second-order valence-corrected chi connectivity index (χ2v) is 6.00. The summed E-state index contributed by atoms with van der Waals surface area (Å²) in [5, 5.41) is 18.8. The molecule has 6 heteroatoms. The number of aromatic nitrogens is 4. The van der Waals surface area contributed by atoms with Crippen molar-refractivity contribution in [1.82, 2.24) is 19.4 Å². The minimum absolute atomic E-state index is 0.125. The van der Waals surface area contributed by atoms with E-state index in [9.17, 15) is 5.11 Å². The van der Waals surface area contributed by atoms with Crippen LogP contribution in [0.4, 0.5) is 0 Å². The fourth-order valence-corrected chi connectivity index (χ4v) is 2.73. The third-order valence-corrected chi connectivity index (χ3v) is 3.58. The quantitative estimate of drug-likeness (QED) is 0.924. The highest BCUT2D eigenvalue weighted by Crippen LogP contribution is 2.33. The van der Waals surface area contributed by atoms with Gasteiger partial charge in [-0.2, -0.15) is 5.10 Å². The van der Waals surface area contributed by atoms with Crippen LogP contribution in [0.2, 0.25) is 0 Å².